The van der Waals surface area contributed by atoms with E-state index < -0.39 is 20.0 Å². The molecule has 168 valence electrons. The van der Waals surface area contributed by atoms with Gasteiger partial charge in [0.2, 0.25) is 26.0 Å². The third kappa shape index (κ3) is 5.17. The first-order chi connectivity index (χ1) is 14.5. The second-order valence-corrected chi connectivity index (χ2v) is 11.1. The van der Waals surface area contributed by atoms with Crippen LogP contribution in [0.3, 0.4) is 0 Å². The van der Waals surface area contributed by atoms with Gasteiger partial charge in [0.05, 0.1) is 22.2 Å². The van der Waals surface area contributed by atoms with E-state index in [9.17, 15) is 16.8 Å². The molecule has 1 N–H and O–H groups in total. The molecule has 0 aliphatic carbocycles. The standard InChI is InChI=1S/C20H27N5O4S2/c1-5-25-19-9-7-6-8-18(19)21-20(25)23(2)14-15-24(3)31(28,29)17-12-10-16(11-13-17)22-30(4,26)27/h6-13,22H,5,14-15H2,1-4H3. The third-order valence-electron chi connectivity index (χ3n) is 4.91. The average molecular weight is 466 g/mol. The van der Waals surface area contributed by atoms with E-state index in [1.54, 1.807) is 0 Å². The summed E-state index contributed by atoms with van der Waals surface area (Å²) in [6.45, 7) is 3.51. The van der Waals surface area contributed by atoms with Crippen LogP contribution in [0, 0.1) is 0 Å². The number of benzene rings is 2. The number of rotatable bonds is 9. The van der Waals surface area contributed by atoms with Gasteiger partial charge in [-0.25, -0.2) is 21.8 Å². The number of imidazole rings is 1. The van der Waals surface area contributed by atoms with Gasteiger partial charge in [0.25, 0.3) is 0 Å². The van der Waals surface area contributed by atoms with Crippen LogP contribution >= 0.6 is 0 Å². The minimum atomic E-state index is -3.72. The lowest BCUT2D eigenvalue weighted by Gasteiger charge is -2.23. The highest BCUT2D eigenvalue weighted by molar-refractivity contribution is 7.92. The molecule has 0 saturated heterocycles. The molecular formula is C20H27N5O4S2. The van der Waals surface area contributed by atoms with Crippen molar-refractivity contribution in [3.05, 3.63) is 48.5 Å². The molecule has 0 saturated carbocycles. The van der Waals surface area contributed by atoms with Gasteiger partial charge in [0.1, 0.15) is 0 Å². The number of aromatic nitrogens is 2. The van der Waals surface area contributed by atoms with Gasteiger partial charge in [-0.2, -0.15) is 4.31 Å². The van der Waals surface area contributed by atoms with E-state index in [1.807, 2.05) is 43.1 Å². The number of para-hydroxylation sites is 2. The number of nitrogens with one attached hydrogen (secondary N) is 1. The zero-order valence-corrected chi connectivity index (χ0v) is 19.6. The van der Waals surface area contributed by atoms with E-state index >= 15 is 0 Å². The summed E-state index contributed by atoms with van der Waals surface area (Å²) in [7, 11) is -3.73. The van der Waals surface area contributed by atoms with E-state index in [4.69, 9.17) is 0 Å². The van der Waals surface area contributed by atoms with Crippen molar-refractivity contribution in [3.63, 3.8) is 0 Å². The first-order valence-corrected chi connectivity index (χ1v) is 13.1. The summed E-state index contributed by atoms with van der Waals surface area (Å²) in [6, 6.07) is 13.5. The predicted molar refractivity (Wildman–Crippen MR) is 123 cm³/mol. The monoisotopic (exact) mass is 465 g/mol. The van der Waals surface area contributed by atoms with Crippen molar-refractivity contribution in [2.75, 3.05) is 43.1 Å². The van der Waals surface area contributed by atoms with Gasteiger partial charge in [-0.3, -0.25) is 4.72 Å². The Labute approximate surface area is 183 Å². The van der Waals surface area contributed by atoms with Crippen molar-refractivity contribution >= 4 is 42.7 Å². The van der Waals surface area contributed by atoms with Gasteiger partial charge in [0.15, 0.2) is 0 Å². The fourth-order valence-electron chi connectivity index (χ4n) is 3.27. The maximum Gasteiger partial charge on any atom is 0.242 e. The Morgan fingerprint density at radius 1 is 0.968 bits per heavy atom. The average Bonchev–Trinajstić information content (AvgIpc) is 3.09. The Hall–Kier alpha value is -2.63. The molecule has 0 aliphatic heterocycles. The smallest absolute Gasteiger partial charge is 0.242 e. The van der Waals surface area contributed by atoms with Crippen LogP contribution in [-0.4, -0.2) is 64.1 Å². The quantitative estimate of drug-likeness (QED) is 0.519. The van der Waals surface area contributed by atoms with Crippen molar-refractivity contribution in [2.45, 2.75) is 18.4 Å². The summed E-state index contributed by atoms with van der Waals surface area (Å²) in [5.41, 5.74) is 2.24. The molecule has 0 amide bonds. The van der Waals surface area contributed by atoms with Gasteiger partial charge in [0, 0.05) is 39.4 Å². The lowest BCUT2D eigenvalue weighted by molar-refractivity contribution is 0.472. The number of nitrogens with zero attached hydrogens (tertiary/aromatic N) is 4. The molecule has 3 aromatic rings. The van der Waals surface area contributed by atoms with E-state index in [0.29, 0.717) is 12.2 Å². The summed E-state index contributed by atoms with van der Waals surface area (Å²) in [6.07, 6.45) is 1.04. The molecule has 31 heavy (non-hydrogen) atoms. The zero-order chi connectivity index (χ0) is 22.8. The molecule has 3 rings (SSSR count). The fraction of sp³-hybridized carbons (Fsp3) is 0.350. The van der Waals surface area contributed by atoms with Crippen molar-refractivity contribution in [3.8, 4) is 0 Å². The van der Waals surface area contributed by atoms with Crippen molar-refractivity contribution in [2.24, 2.45) is 0 Å². The van der Waals surface area contributed by atoms with Crippen LogP contribution in [0.2, 0.25) is 0 Å². The molecule has 2 aromatic carbocycles. The molecule has 11 heteroatoms. The molecule has 0 bridgehead atoms. The molecule has 0 spiro atoms. The summed E-state index contributed by atoms with van der Waals surface area (Å²) in [5.74, 6) is 0.783. The van der Waals surface area contributed by atoms with E-state index in [-0.39, 0.29) is 11.4 Å². The number of hydrogen-bond acceptors (Lipinski definition) is 6. The summed E-state index contributed by atoms with van der Waals surface area (Å²) >= 11 is 0. The predicted octanol–water partition coefficient (Wildman–Crippen LogP) is 2.18. The van der Waals surface area contributed by atoms with Crippen LogP contribution in [0.1, 0.15) is 6.92 Å². The lowest BCUT2D eigenvalue weighted by Crippen LogP contribution is -2.35. The summed E-state index contributed by atoms with van der Waals surface area (Å²) in [5, 5.41) is 0. The van der Waals surface area contributed by atoms with Gasteiger partial charge >= 0.3 is 0 Å². The van der Waals surface area contributed by atoms with Crippen LogP contribution in [0.5, 0.6) is 0 Å². The SMILES string of the molecule is CCn1c(N(C)CCN(C)S(=O)(=O)c2ccc(NS(C)(=O)=O)cc2)nc2ccccc21. The van der Waals surface area contributed by atoms with Gasteiger partial charge in [-0.1, -0.05) is 12.1 Å². The fourth-order valence-corrected chi connectivity index (χ4v) is 4.99. The highest BCUT2D eigenvalue weighted by atomic mass is 32.2. The second-order valence-electron chi connectivity index (χ2n) is 7.29. The number of hydrogen-bond donors (Lipinski definition) is 1. The van der Waals surface area contributed by atoms with E-state index in [1.165, 1.54) is 35.6 Å². The number of anilines is 2. The van der Waals surface area contributed by atoms with Crippen LogP contribution in [0.4, 0.5) is 11.6 Å². The maximum atomic E-state index is 12.9. The summed E-state index contributed by atoms with van der Waals surface area (Å²) in [4.78, 5) is 6.72. The molecule has 0 fully saturated rings. The van der Waals surface area contributed by atoms with Crippen LogP contribution in [0.25, 0.3) is 11.0 Å². The molecule has 0 aliphatic rings. The zero-order valence-electron chi connectivity index (χ0n) is 18.0. The first-order valence-electron chi connectivity index (χ1n) is 9.73. The van der Waals surface area contributed by atoms with Crippen molar-refractivity contribution in [1.29, 1.82) is 0 Å². The van der Waals surface area contributed by atoms with Gasteiger partial charge < -0.3 is 9.47 Å². The minimum Gasteiger partial charge on any atom is -0.344 e. The maximum absolute atomic E-state index is 12.9. The minimum absolute atomic E-state index is 0.0949. The topological polar surface area (TPSA) is 105 Å². The Morgan fingerprint density at radius 3 is 2.23 bits per heavy atom. The van der Waals surface area contributed by atoms with Crippen molar-refractivity contribution < 1.29 is 16.8 Å². The van der Waals surface area contributed by atoms with Crippen LogP contribution in [-0.2, 0) is 26.6 Å². The molecule has 0 unspecified atom stereocenters. The normalized spacial score (nSPS) is 12.4. The molecule has 0 atom stereocenters. The van der Waals surface area contributed by atoms with Gasteiger partial charge in [-0.15, -0.1) is 0 Å². The van der Waals surface area contributed by atoms with E-state index in [0.717, 1.165) is 29.8 Å². The van der Waals surface area contributed by atoms with Crippen LogP contribution < -0.4 is 9.62 Å². The summed E-state index contributed by atoms with van der Waals surface area (Å²) < 4.78 is 54.1. The number of fused-ring (bicyclic) bond motifs is 1. The third-order valence-corrected chi connectivity index (χ3v) is 7.39. The van der Waals surface area contributed by atoms with Gasteiger partial charge in [-0.05, 0) is 43.3 Å². The highest BCUT2D eigenvalue weighted by Crippen LogP contribution is 2.22. The number of sulfonamides is 2. The molecule has 9 nitrogen and oxygen atoms in total. The number of aryl methyl sites for hydroxylation is 1. The second kappa shape index (κ2) is 8.85. The van der Waals surface area contributed by atoms with Crippen LogP contribution in [0.15, 0.2) is 53.4 Å². The first kappa shape index (κ1) is 23.0. The lowest BCUT2D eigenvalue weighted by atomic mass is 10.3. The molecule has 1 aromatic heterocycles. The number of likely N-dealkylation sites (N-methyl/N-ethyl adjacent to an activating group) is 2. The largest absolute Gasteiger partial charge is 0.344 e. The highest BCUT2D eigenvalue weighted by Gasteiger charge is 2.22. The Kier molecular flexibility index (Phi) is 6.58. The molecular weight excluding hydrogens is 438 g/mol. The molecule has 0 radical (unpaired) electrons. The van der Waals surface area contributed by atoms with Crippen molar-refractivity contribution in [1.82, 2.24) is 13.9 Å². The molecule has 1 heterocycles. The Bertz CT molecular complexity index is 1270. The van der Waals surface area contributed by atoms with E-state index in [2.05, 4.69) is 14.3 Å². The Morgan fingerprint density at radius 2 is 1.61 bits per heavy atom. The Balaban J connectivity index is 1.71.